The second-order valence-corrected chi connectivity index (χ2v) is 5.68. The van der Waals surface area contributed by atoms with E-state index in [1.807, 2.05) is 0 Å². The Bertz CT molecular complexity index is 968. The summed E-state index contributed by atoms with van der Waals surface area (Å²) >= 11 is 0. The maximum Gasteiger partial charge on any atom is 0.292 e. The quantitative estimate of drug-likeness (QED) is 0.761. The monoisotopic (exact) mass is 325 g/mol. The van der Waals surface area contributed by atoms with Gasteiger partial charge in [0, 0.05) is 11.6 Å². The van der Waals surface area contributed by atoms with Crippen molar-refractivity contribution in [3.05, 3.63) is 57.5 Å². The van der Waals surface area contributed by atoms with Crippen LogP contribution in [0.4, 0.5) is 5.82 Å². The summed E-state index contributed by atoms with van der Waals surface area (Å²) in [5.74, 6) is 0.499. The van der Waals surface area contributed by atoms with Gasteiger partial charge in [0.25, 0.3) is 11.5 Å². The normalized spacial score (nSPS) is 13.0. The fraction of sp³-hybridized carbons (Fsp3) is 0.250. The first-order chi connectivity index (χ1) is 11.6. The summed E-state index contributed by atoms with van der Waals surface area (Å²) in [7, 11) is 0. The highest BCUT2D eigenvalue weighted by Crippen LogP contribution is 2.19. The molecule has 0 atom stereocenters. The van der Waals surface area contributed by atoms with E-state index in [1.54, 1.807) is 25.1 Å². The zero-order valence-electron chi connectivity index (χ0n) is 13.0. The summed E-state index contributed by atoms with van der Waals surface area (Å²) in [5, 5.41) is 7.05. The lowest BCUT2D eigenvalue weighted by Crippen LogP contribution is -2.21. The second kappa shape index (κ2) is 5.48. The molecule has 0 bridgehead atoms. The molecule has 3 aromatic rings. The van der Waals surface area contributed by atoms with Crippen molar-refractivity contribution in [1.82, 2.24) is 19.7 Å². The summed E-state index contributed by atoms with van der Waals surface area (Å²) in [6, 6.07) is 4.91. The van der Waals surface area contributed by atoms with Crippen molar-refractivity contribution in [2.45, 2.75) is 26.2 Å². The zero-order valence-corrected chi connectivity index (χ0v) is 13.0. The van der Waals surface area contributed by atoms with Crippen LogP contribution in [-0.4, -0.2) is 25.7 Å². The van der Waals surface area contributed by atoms with Gasteiger partial charge in [-0.3, -0.25) is 14.6 Å². The van der Waals surface area contributed by atoms with Gasteiger partial charge in [0.1, 0.15) is 5.82 Å². The topological polar surface area (TPSA) is 106 Å². The fourth-order valence-electron chi connectivity index (χ4n) is 2.86. The van der Waals surface area contributed by atoms with Gasteiger partial charge in [0.2, 0.25) is 5.95 Å². The maximum absolute atomic E-state index is 12.2. The number of aryl methyl sites for hydroxylation is 2. The molecule has 122 valence electrons. The highest BCUT2D eigenvalue weighted by molar-refractivity contribution is 6.01. The predicted octanol–water partition coefficient (Wildman–Crippen LogP) is 1.60. The van der Waals surface area contributed by atoms with Gasteiger partial charge >= 0.3 is 0 Å². The van der Waals surface area contributed by atoms with Gasteiger partial charge in [0.15, 0.2) is 5.76 Å². The average Bonchev–Trinajstić information content (AvgIpc) is 3.26. The van der Waals surface area contributed by atoms with Crippen LogP contribution in [0.15, 0.2) is 33.7 Å². The molecule has 8 heteroatoms. The second-order valence-electron chi connectivity index (χ2n) is 5.68. The molecule has 1 aliphatic carbocycles. The highest BCUT2D eigenvalue weighted by Gasteiger charge is 2.20. The summed E-state index contributed by atoms with van der Waals surface area (Å²) in [5.41, 5.74) is 2.07. The lowest BCUT2D eigenvalue weighted by atomic mass is 10.3. The number of rotatable bonds is 3. The molecule has 2 N–H and O–H groups in total. The van der Waals surface area contributed by atoms with Gasteiger partial charge in [0.05, 0.1) is 17.7 Å². The number of carbonyl (C=O) groups is 1. The van der Waals surface area contributed by atoms with Crippen LogP contribution in [0.1, 0.15) is 33.9 Å². The number of nitrogens with zero attached hydrogens (tertiary/aromatic N) is 3. The molecule has 3 heterocycles. The summed E-state index contributed by atoms with van der Waals surface area (Å²) in [4.78, 5) is 31.6. The summed E-state index contributed by atoms with van der Waals surface area (Å²) in [6.45, 7) is 1.80. The van der Waals surface area contributed by atoms with E-state index < -0.39 is 5.91 Å². The molecule has 1 aliphatic rings. The largest absolute Gasteiger partial charge is 0.459 e. The number of H-pyrrole nitrogens is 1. The molecule has 4 rings (SSSR count). The molecule has 0 spiro atoms. The minimum Gasteiger partial charge on any atom is -0.459 e. The Morgan fingerprint density at radius 2 is 2.29 bits per heavy atom. The molecule has 0 saturated heterocycles. The number of aromatic amines is 1. The van der Waals surface area contributed by atoms with Gasteiger partial charge < -0.3 is 9.73 Å². The molecule has 0 aliphatic heterocycles. The molecule has 3 aromatic heterocycles. The Morgan fingerprint density at radius 1 is 1.42 bits per heavy atom. The molecule has 0 saturated carbocycles. The van der Waals surface area contributed by atoms with E-state index in [2.05, 4.69) is 20.4 Å². The van der Waals surface area contributed by atoms with Crippen molar-refractivity contribution in [2.24, 2.45) is 0 Å². The molecule has 0 radical (unpaired) electrons. The van der Waals surface area contributed by atoms with Crippen molar-refractivity contribution in [2.75, 3.05) is 5.32 Å². The Labute approximate surface area is 136 Å². The van der Waals surface area contributed by atoms with Gasteiger partial charge in [-0.25, -0.2) is 4.98 Å². The smallest absolute Gasteiger partial charge is 0.292 e. The molecule has 1 amide bonds. The number of carbonyl (C=O) groups excluding carboxylic acids is 1. The number of hydrogen-bond donors (Lipinski definition) is 2. The Balaban J connectivity index is 1.73. The zero-order chi connectivity index (χ0) is 16.7. The van der Waals surface area contributed by atoms with Crippen LogP contribution in [-0.2, 0) is 12.8 Å². The van der Waals surface area contributed by atoms with Crippen LogP contribution in [0.2, 0.25) is 0 Å². The Hall–Kier alpha value is -3.16. The minimum absolute atomic E-state index is 0.149. The SMILES string of the molecule is Cc1cc(NC(=O)c2ccco2)n(-c2nc3c(c(=O)[nH]2)CCC3)n1. The molecule has 0 fully saturated rings. The number of nitrogens with one attached hydrogen (secondary N) is 2. The Kier molecular flexibility index (Phi) is 3.30. The third kappa shape index (κ3) is 2.41. The maximum atomic E-state index is 12.2. The van der Waals surface area contributed by atoms with Gasteiger partial charge in [-0.2, -0.15) is 9.78 Å². The average molecular weight is 325 g/mol. The van der Waals surface area contributed by atoms with E-state index in [1.165, 1.54) is 10.9 Å². The number of furan rings is 1. The van der Waals surface area contributed by atoms with Crippen molar-refractivity contribution >= 4 is 11.7 Å². The number of anilines is 1. The molecule has 24 heavy (non-hydrogen) atoms. The van der Waals surface area contributed by atoms with Crippen LogP contribution in [0.3, 0.4) is 0 Å². The van der Waals surface area contributed by atoms with Gasteiger partial charge in [-0.1, -0.05) is 0 Å². The number of hydrogen-bond acceptors (Lipinski definition) is 5. The van der Waals surface area contributed by atoms with Crippen molar-refractivity contribution in [3.63, 3.8) is 0 Å². The lowest BCUT2D eigenvalue weighted by molar-refractivity contribution is 0.0996. The first kappa shape index (κ1) is 14.4. The highest BCUT2D eigenvalue weighted by atomic mass is 16.3. The first-order valence-corrected chi connectivity index (χ1v) is 7.66. The van der Waals surface area contributed by atoms with Crippen LogP contribution in [0.25, 0.3) is 5.95 Å². The molecule has 0 unspecified atom stereocenters. The van der Waals surface area contributed by atoms with E-state index in [-0.39, 0.29) is 11.3 Å². The van der Waals surface area contributed by atoms with Gasteiger partial charge in [-0.05, 0) is 38.3 Å². The van der Waals surface area contributed by atoms with Crippen LogP contribution in [0.5, 0.6) is 0 Å². The molecular formula is C16H15N5O3. The predicted molar refractivity (Wildman–Crippen MR) is 85.4 cm³/mol. The molecular weight excluding hydrogens is 310 g/mol. The van der Waals surface area contributed by atoms with E-state index in [4.69, 9.17) is 4.42 Å². The van der Waals surface area contributed by atoms with Gasteiger partial charge in [-0.15, -0.1) is 0 Å². The van der Waals surface area contributed by atoms with E-state index >= 15 is 0 Å². The number of fused-ring (bicyclic) bond motifs is 1. The van der Waals surface area contributed by atoms with Crippen LogP contribution in [0, 0.1) is 6.92 Å². The van der Waals surface area contributed by atoms with Crippen molar-refractivity contribution in [3.8, 4) is 5.95 Å². The van der Waals surface area contributed by atoms with E-state index in [9.17, 15) is 9.59 Å². The van der Waals surface area contributed by atoms with E-state index in [0.717, 1.165) is 30.5 Å². The number of amides is 1. The van der Waals surface area contributed by atoms with Crippen molar-refractivity contribution < 1.29 is 9.21 Å². The standard InChI is InChI=1S/C16H15N5O3/c1-9-8-13(18-15(23)12-6-3-7-24-12)21(20-9)16-17-11-5-2-4-10(11)14(22)19-16/h3,6-8H,2,4-5H2,1H3,(H,18,23)(H,17,19,22). The summed E-state index contributed by atoms with van der Waals surface area (Å²) in [6.07, 6.45) is 3.88. The van der Waals surface area contributed by atoms with Crippen molar-refractivity contribution in [1.29, 1.82) is 0 Å². The summed E-state index contributed by atoms with van der Waals surface area (Å²) < 4.78 is 6.51. The Morgan fingerprint density at radius 3 is 3.08 bits per heavy atom. The fourth-order valence-corrected chi connectivity index (χ4v) is 2.86. The minimum atomic E-state index is -0.398. The number of aromatic nitrogens is 4. The van der Waals surface area contributed by atoms with Crippen LogP contribution >= 0.6 is 0 Å². The lowest BCUT2D eigenvalue weighted by Gasteiger charge is -2.08. The third-order valence-electron chi connectivity index (χ3n) is 3.95. The molecule has 8 nitrogen and oxygen atoms in total. The first-order valence-electron chi connectivity index (χ1n) is 7.66. The van der Waals surface area contributed by atoms with Crippen LogP contribution < -0.4 is 10.9 Å². The molecule has 0 aromatic carbocycles. The van der Waals surface area contributed by atoms with E-state index in [0.29, 0.717) is 17.5 Å². The third-order valence-corrected chi connectivity index (χ3v) is 3.95.